The SMILES string of the molecule is C=C1CS[C@@H]2N(C(=O)[C@]23NC(=O)CCCC(NC(=O)c2ccccc2)C3=O)[C@H]1C(=O)O. The fraction of sp³-hybridized carbons (Fsp3) is 0.381. The number of rotatable bonds is 3. The number of thioether (sulfide) groups is 1. The predicted octanol–water partition coefficient (Wildman–Crippen LogP) is 0.318. The van der Waals surface area contributed by atoms with Crippen LogP contribution >= 0.6 is 11.8 Å². The Balaban J connectivity index is 1.65. The van der Waals surface area contributed by atoms with Gasteiger partial charge in [0.15, 0.2) is 11.8 Å². The number of ketones is 1. The monoisotopic (exact) mass is 443 g/mol. The van der Waals surface area contributed by atoms with Crippen LogP contribution in [0.25, 0.3) is 0 Å². The molecule has 3 heterocycles. The molecule has 0 saturated carbocycles. The van der Waals surface area contributed by atoms with E-state index in [1.165, 1.54) is 11.8 Å². The number of aliphatic carboxylic acids is 1. The first-order valence-electron chi connectivity index (χ1n) is 9.83. The highest BCUT2D eigenvalue weighted by atomic mass is 32.2. The summed E-state index contributed by atoms with van der Waals surface area (Å²) in [6.07, 6.45) is 0.649. The lowest BCUT2D eigenvalue weighted by molar-refractivity contribution is -0.173. The number of carbonyl (C=O) groups excluding carboxylic acids is 4. The van der Waals surface area contributed by atoms with E-state index in [0.29, 0.717) is 17.6 Å². The number of carboxylic acids is 1. The van der Waals surface area contributed by atoms with Gasteiger partial charge < -0.3 is 20.6 Å². The van der Waals surface area contributed by atoms with Crippen LogP contribution in [-0.4, -0.2) is 68.2 Å². The Hall–Kier alpha value is -3.14. The second-order valence-electron chi connectivity index (χ2n) is 7.78. The second kappa shape index (κ2) is 7.84. The van der Waals surface area contributed by atoms with Crippen molar-refractivity contribution in [3.63, 3.8) is 0 Å². The molecule has 3 amide bonds. The average molecular weight is 443 g/mol. The quantitative estimate of drug-likeness (QED) is 0.348. The van der Waals surface area contributed by atoms with Crippen molar-refractivity contribution in [3.05, 3.63) is 48.0 Å². The fourth-order valence-corrected chi connectivity index (χ4v) is 5.73. The maximum Gasteiger partial charge on any atom is 0.330 e. The van der Waals surface area contributed by atoms with Gasteiger partial charge >= 0.3 is 5.97 Å². The highest BCUT2D eigenvalue weighted by Gasteiger charge is 2.71. The van der Waals surface area contributed by atoms with E-state index in [0.717, 1.165) is 4.90 Å². The molecule has 3 N–H and O–H groups in total. The van der Waals surface area contributed by atoms with E-state index in [4.69, 9.17) is 0 Å². The van der Waals surface area contributed by atoms with Gasteiger partial charge in [-0.05, 0) is 30.5 Å². The molecular weight excluding hydrogens is 422 g/mol. The van der Waals surface area contributed by atoms with Gasteiger partial charge in [0.2, 0.25) is 11.4 Å². The number of benzene rings is 1. The molecule has 0 aromatic heterocycles. The second-order valence-corrected chi connectivity index (χ2v) is 8.85. The minimum Gasteiger partial charge on any atom is -0.479 e. The summed E-state index contributed by atoms with van der Waals surface area (Å²) in [4.78, 5) is 64.6. The molecular formula is C21H21N3O6S. The summed E-state index contributed by atoms with van der Waals surface area (Å²) in [6, 6.07) is 6.12. The van der Waals surface area contributed by atoms with E-state index >= 15 is 0 Å². The van der Waals surface area contributed by atoms with Crippen LogP contribution in [0.4, 0.5) is 0 Å². The number of nitrogens with zero attached hydrogens (tertiary/aromatic N) is 1. The first-order chi connectivity index (χ1) is 14.8. The van der Waals surface area contributed by atoms with Crippen molar-refractivity contribution in [3.8, 4) is 0 Å². The van der Waals surface area contributed by atoms with Crippen LogP contribution in [0.2, 0.25) is 0 Å². The molecule has 1 aromatic carbocycles. The van der Waals surface area contributed by atoms with E-state index in [9.17, 15) is 29.1 Å². The van der Waals surface area contributed by atoms with Crippen molar-refractivity contribution in [2.75, 3.05) is 5.75 Å². The Kier molecular flexibility index (Phi) is 5.34. The summed E-state index contributed by atoms with van der Waals surface area (Å²) in [7, 11) is 0. The van der Waals surface area contributed by atoms with Crippen molar-refractivity contribution in [2.24, 2.45) is 0 Å². The Labute approximate surface area is 182 Å². The third kappa shape index (κ3) is 3.31. The summed E-state index contributed by atoms with van der Waals surface area (Å²) in [5.41, 5.74) is -1.19. The first-order valence-corrected chi connectivity index (χ1v) is 10.9. The Bertz CT molecular complexity index is 996. The minimum atomic E-state index is -1.90. The number of amides is 3. The molecule has 1 spiro atoms. The lowest BCUT2D eigenvalue weighted by atomic mass is 9.76. The van der Waals surface area contributed by atoms with Crippen molar-refractivity contribution < 1.29 is 29.1 Å². The third-order valence-electron chi connectivity index (χ3n) is 5.80. The van der Waals surface area contributed by atoms with Crippen molar-refractivity contribution in [1.82, 2.24) is 15.5 Å². The smallest absolute Gasteiger partial charge is 0.330 e. The summed E-state index contributed by atoms with van der Waals surface area (Å²) >= 11 is 1.18. The van der Waals surface area contributed by atoms with Crippen LogP contribution in [0.1, 0.15) is 29.6 Å². The number of hydrogen-bond acceptors (Lipinski definition) is 6. The Morgan fingerprint density at radius 2 is 1.94 bits per heavy atom. The fourth-order valence-electron chi connectivity index (χ4n) is 4.30. The highest BCUT2D eigenvalue weighted by molar-refractivity contribution is 8.00. The summed E-state index contributed by atoms with van der Waals surface area (Å²) in [6.45, 7) is 3.73. The van der Waals surface area contributed by atoms with E-state index < -0.39 is 52.5 Å². The predicted molar refractivity (Wildman–Crippen MR) is 111 cm³/mol. The number of hydrogen-bond donors (Lipinski definition) is 3. The minimum absolute atomic E-state index is 0.0898. The largest absolute Gasteiger partial charge is 0.479 e. The van der Waals surface area contributed by atoms with E-state index in [1.54, 1.807) is 30.3 Å². The third-order valence-corrected chi connectivity index (χ3v) is 7.23. The van der Waals surface area contributed by atoms with Gasteiger partial charge in [0.25, 0.3) is 11.8 Å². The van der Waals surface area contributed by atoms with E-state index in [-0.39, 0.29) is 18.6 Å². The maximum absolute atomic E-state index is 13.6. The van der Waals surface area contributed by atoms with Gasteiger partial charge in [-0.25, -0.2) is 4.79 Å². The van der Waals surface area contributed by atoms with Crippen molar-refractivity contribution in [2.45, 2.75) is 42.3 Å². The molecule has 0 aliphatic carbocycles. The zero-order valence-corrected chi connectivity index (χ0v) is 17.3. The number of carboxylic acid groups (broad SMARTS) is 1. The van der Waals surface area contributed by atoms with Gasteiger partial charge in [0.1, 0.15) is 5.37 Å². The number of Topliss-reactive ketones (excluding diaryl/α,β-unsaturated/α-hetero) is 1. The molecule has 3 fully saturated rings. The van der Waals surface area contributed by atoms with E-state index in [1.807, 2.05) is 0 Å². The lowest BCUT2D eigenvalue weighted by Gasteiger charge is -2.59. The van der Waals surface area contributed by atoms with Gasteiger partial charge in [-0.1, -0.05) is 24.8 Å². The Morgan fingerprint density at radius 1 is 1.23 bits per heavy atom. The van der Waals surface area contributed by atoms with E-state index in [2.05, 4.69) is 17.2 Å². The summed E-state index contributed by atoms with van der Waals surface area (Å²) in [5.74, 6) is -3.32. The molecule has 162 valence electrons. The zero-order valence-electron chi connectivity index (χ0n) is 16.5. The zero-order chi connectivity index (χ0) is 22.3. The van der Waals surface area contributed by atoms with Gasteiger partial charge in [0, 0.05) is 17.7 Å². The lowest BCUT2D eigenvalue weighted by Crippen LogP contribution is -2.87. The number of nitrogens with one attached hydrogen (secondary N) is 2. The highest BCUT2D eigenvalue weighted by Crippen LogP contribution is 2.47. The van der Waals surface area contributed by atoms with Crippen molar-refractivity contribution in [1.29, 1.82) is 0 Å². The molecule has 3 aliphatic heterocycles. The number of fused-ring (bicyclic) bond motifs is 2. The molecule has 9 nitrogen and oxygen atoms in total. The van der Waals surface area contributed by atoms with Crippen LogP contribution in [0, 0.1) is 0 Å². The summed E-state index contributed by atoms with van der Waals surface area (Å²) in [5, 5.41) is 13.9. The number of carbonyl (C=O) groups is 5. The van der Waals surface area contributed by atoms with Crippen LogP contribution < -0.4 is 10.6 Å². The summed E-state index contributed by atoms with van der Waals surface area (Å²) < 4.78 is 0. The molecule has 0 bridgehead atoms. The van der Waals surface area contributed by atoms with Crippen LogP contribution in [-0.2, 0) is 19.2 Å². The van der Waals surface area contributed by atoms with Gasteiger partial charge in [0.05, 0.1) is 6.04 Å². The van der Waals surface area contributed by atoms with Crippen LogP contribution in [0.3, 0.4) is 0 Å². The molecule has 0 radical (unpaired) electrons. The molecule has 4 rings (SSSR count). The molecule has 1 unspecified atom stereocenters. The molecule has 3 aliphatic rings. The first kappa shape index (κ1) is 21.1. The molecule has 4 atom stereocenters. The average Bonchev–Trinajstić information content (AvgIpc) is 2.75. The molecule has 31 heavy (non-hydrogen) atoms. The van der Waals surface area contributed by atoms with Crippen molar-refractivity contribution >= 4 is 41.2 Å². The number of β-lactam (4-membered cyclic amide) rings is 1. The Morgan fingerprint density at radius 3 is 2.61 bits per heavy atom. The van der Waals surface area contributed by atoms with Crippen LogP contribution in [0.5, 0.6) is 0 Å². The van der Waals surface area contributed by atoms with Crippen LogP contribution in [0.15, 0.2) is 42.5 Å². The molecule has 3 saturated heterocycles. The maximum atomic E-state index is 13.6. The topological polar surface area (TPSA) is 133 Å². The standard InChI is InChI=1S/C21H21N3O6S/c1-11-10-31-20-21(19(30)24(20)15(11)18(28)29)16(26)13(8-5-9-14(25)23-21)22-17(27)12-6-3-2-4-7-12/h2-4,6-7,13,15,20H,1,5,8-10H2,(H,22,27)(H,23,25)(H,28,29)/t13?,15-,20+,21+/m1/s1. The van der Waals surface area contributed by atoms with Gasteiger partial charge in [-0.2, -0.15) is 0 Å². The van der Waals surface area contributed by atoms with Gasteiger partial charge in [-0.15, -0.1) is 11.8 Å². The molecule has 1 aromatic rings. The molecule has 10 heteroatoms. The van der Waals surface area contributed by atoms with Gasteiger partial charge in [-0.3, -0.25) is 19.2 Å². The normalized spacial score (nSPS) is 30.6.